The number of benzene rings is 1. The Kier molecular flexibility index (Phi) is 6.70. The van der Waals surface area contributed by atoms with Crippen LogP contribution in [0.1, 0.15) is 30.4 Å². The molecular formula is C20H30N2O3S. The molecule has 0 saturated carbocycles. The largest absolute Gasteiger partial charge is 0.493 e. The van der Waals surface area contributed by atoms with Crippen LogP contribution in [0.5, 0.6) is 11.5 Å². The third-order valence-electron chi connectivity index (χ3n) is 5.53. The Morgan fingerprint density at radius 2 is 1.92 bits per heavy atom. The molecule has 1 fully saturated rings. The Balaban J connectivity index is 1.67. The van der Waals surface area contributed by atoms with E-state index in [-0.39, 0.29) is 0 Å². The van der Waals surface area contributed by atoms with Crippen LogP contribution in [0.3, 0.4) is 0 Å². The van der Waals surface area contributed by atoms with Gasteiger partial charge in [-0.15, -0.1) is 0 Å². The van der Waals surface area contributed by atoms with Crippen LogP contribution in [0.15, 0.2) is 12.1 Å². The molecule has 0 aromatic heterocycles. The van der Waals surface area contributed by atoms with Crippen LogP contribution < -0.4 is 9.47 Å². The maximum Gasteiger partial charge on any atom is 0.223 e. The van der Waals surface area contributed by atoms with E-state index in [1.54, 1.807) is 26.0 Å². The number of thioether (sulfide) groups is 1. The average Bonchev–Trinajstić information content (AvgIpc) is 2.70. The highest BCUT2D eigenvalue weighted by Crippen LogP contribution is 2.34. The minimum Gasteiger partial charge on any atom is -0.493 e. The van der Waals surface area contributed by atoms with E-state index in [9.17, 15) is 4.79 Å². The predicted molar refractivity (Wildman–Crippen MR) is 106 cm³/mol. The van der Waals surface area contributed by atoms with Gasteiger partial charge in [-0.1, -0.05) is 0 Å². The van der Waals surface area contributed by atoms with Gasteiger partial charge in [0.25, 0.3) is 0 Å². The molecule has 6 heteroatoms. The van der Waals surface area contributed by atoms with E-state index in [2.05, 4.69) is 28.2 Å². The standard InChI is InChI=1S/C20H30N2O3S/c1-24-18-11-15-6-9-21(13-16(15)12-19(18)25-2)17-5-4-8-22(14-17)20(23)7-10-26-3/h11-12,17H,4-10,13-14H2,1-3H3. The highest BCUT2D eigenvalue weighted by atomic mass is 32.2. The summed E-state index contributed by atoms with van der Waals surface area (Å²) in [7, 11) is 3.37. The van der Waals surface area contributed by atoms with Crippen molar-refractivity contribution in [1.29, 1.82) is 0 Å². The number of likely N-dealkylation sites (tertiary alicyclic amines) is 1. The van der Waals surface area contributed by atoms with E-state index in [1.165, 1.54) is 17.5 Å². The summed E-state index contributed by atoms with van der Waals surface area (Å²) in [6, 6.07) is 4.69. The lowest BCUT2D eigenvalue weighted by atomic mass is 9.95. The van der Waals surface area contributed by atoms with Gasteiger partial charge >= 0.3 is 0 Å². The summed E-state index contributed by atoms with van der Waals surface area (Å²) in [5.74, 6) is 2.83. The number of rotatable bonds is 6. The number of amides is 1. The minimum absolute atomic E-state index is 0.313. The fraction of sp³-hybridized carbons (Fsp3) is 0.650. The predicted octanol–water partition coefficient (Wildman–Crippen LogP) is 2.81. The first-order chi connectivity index (χ1) is 12.7. The zero-order valence-corrected chi connectivity index (χ0v) is 16.9. The zero-order valence-electron chi connectivity index (χ0n) is 16.1. The van der Waals surface area contributed by atoms with Gasteiger partial charge in [-0.2, -0.15) is 11.8 Å². The summed E-state index contributed by atoms with van der Waals surface area (Å²) in [5.41, 5.74) is 2.67. The highest BCUT2D eigenvalue weighted by Gasteiger charge is 2.30. The maximum atomic E-state index is 12.4. The second-order valence-corrected chi connectivity index (χ2v) is 8.06. The first kappa shape index (κ1) is 19.4. The van der Waals surface area contributed by atoms with Gasteiger partial charge in [0.2, 0.25) is 5.91 Å². The van der Waals surface area contributed by atoms with Crippen LogP contribution in [-0.4, -0.2) is 67.6 Å². The fourth-order valence-corrected chi connectivity index (χ4v) is 4.42. The van der Waals surface area contributed by atoms with Gasteiger partial charge in [0.15, 0.2) is 11.5 Å². The average molecular weight is 379 g/mol. The normalized spacial score (nSPS) is 20.6. The summed E-state index contributed by atoms with van der Waals surface area (Å²) in [5, 5.41) is 0. The summed E-state index contributed by atoms with van der Waals surface area (Å²) in [4.78, 5) is 17.0. The maximum absolute atomic E-state index is 12.4. The molecular weight excluding hydrogens is 348 g/mol. The van der Waals surface area contributed by atoms with E-state index >= 15 is 0 Å². The van der Waals surface area contributed by atoms with Crippen LogP contribution in [-0.2, 0) is 17.8 Å². The van der Waals surface area contributed by atoms with Crippen molar-refractivity contribution in [3.05, 3.63) is 23.3 Å². The molecule has 2 aliphatic rings. The van der Waals surface area contributed by atoms with E-state index < -0.39 is 0 Å². The van der Waals surface area contributed by atoms with Gasteiger partial charge in [0.1, 0.15) is 0 Å². The van der Waals surface area contributed by atoms with Crippen molar-refractivity contribution in [2.45, 2.75) is 38.3 Å². The Labute approximate surface area is 161 Å². The molecule has 26 heavy (non-hydrogen) atoms. The minimum atomic E-state index is 0.313. The van der Waals surface area contributed by atoms with Crippen molar-refractivity contribution in [2.75, 3.05) is 45.9 Å². The lowest BCUT2D eigenvalue weighted by Gasteiger charge is -2.41. The Morgan fingerprint density at radius 3 is 2.62 bits per heavy atom. The monoisotopic (exact) mass is 378 g/mol. The molecule has 0 N–H and O–H groups in total. The highest BCUT2D eigenvalue weighted by molar-refractivity contribution is 7.98. The number of hydrogen-bond donors (Lipinski definition) is 0. The molecule has 0 bridgehead atoms. The molecule has 5 nitrogen and oxygen atoms in total. The number of piperidine rings is 1. The summed E-state index contributed by atoms with van der Waals surface area (Å²) >= 11 is 1.74. The molecule has 1 unspecified atom stereocenters. The molecule has 144 valence electrons. The molecule has 1 atom stereocenters. The summed E-state index contributed by atoms with van der Waals surface area (Å²) in [6.07, 6.45) is 6.01. The second kappa shape index (κ2) is 9.00. The Bertz CT molecular complexity index is 638. The third kappa shape index (κ3) is 4.29. The number of methoxy groups -OCH3 is 2. The van der Waals surface area contributed by atoms with Crippen LogP contribution in [0.4, 0.5) is 0 Å². The van der Waals surface area contributed by atoms with Gasteiger partial charge in [0, 0.05) is 44.4 Å². The molecule has 2 aliphatic heterocycles. The van der Waals surface area contributed by atoms with Crippen LogP contribution in [0, 0.1) is 0 Å². The Morgan fingerprint density at radius 1 is 1.19 bits per heavy atom. The van der Waals surface area contributed by atoms with Crippen molar-refractivity contribution in [2.24, 2.45) is 0 Å². The third-order valence-corrected chi connectivity index (χ3v) is 6.15. The van der Waals surface area contributed by atoms with E-state index in [0.717, 1.165) is 56.3 Å². The topological polar surface area (TPSA) is 42.0 Å². The van der Waals surface area contributed by atoms with E-state index in [4.69, 9.17) is 9.47 Å². The van der Waals surface area contributed by atoms with Gasteiger partial charge in [-0.25, -0.2) is 0 Å². The number of hydrogen-bond acceptors (Lipinski definition) is 5. The molecule has 1 aromatic carbocycles. The summed E-state index contributed by atoms with van der Waals surface area (Å²) in [6.45, 7) is 3.75. The summed E-state index contributed by atoms with van der Waals surface area (Å²) < 4.78 is 10.9. The fourth-order valence-electron chi connectivity index (χ4n) is 4.04. The number of carbonyl (C=O) groups excluding carboxylic acids is 1. The Hall–Kier alpha value is -1.40. The van der Waals surface area contributed by atoms with E-state index in [0.29, 0.717) is 18.4 Å². The first-order valence-corrected chi connectivity index (χ1v) is 10.8. The number of fused-ring (bicyclic) bond motifs is 1. The van der Waals surface area contributed by atoms with Crippen LogP contribution in [0.2, 0.25) is 0 Å². The van der Waals surface area contributed by atoms with Crippen molar-refractivity contribution >= 4 is 17.7 Å². The first-order valence-electron chi connectivity index (χ1n) is 9.40. The van der Waals surface area contributed by atoms with Gasteiger partial charge < -0.3 is 14.4 Å². The number of ether oxygens (including phenoxy) is 2. The van der Waals surface area contributed by atoms with Crippen molar-refractivity contribution in [3.63, 3.8) is 0 Å². The molecule has 1 saturated heterocycles. The van der Waals surface area contributed by atoms with Crippen molar-refractivity contribution < 1.29 is 14.3 Å². The smallest absolute Gasteiger partial charge is 0.223 e. The number of carbonyl (C=O) groups is 1. The van der Waals surface area contributed by atoms with E-state index in [1.807, 2.05) is 0 Å². The molecule has 0 spiro atoms. The lowest BCUT2D eigenvalue weighted by Crippen LogP contribution is -2.51. The number of nitrogens with zero attached hydrogens (tertiary/aromatic N) is 2. The zero-order chi connectivity index (χ0) is 18.5. The molecule has 2 heterocycles. The van der Waals surface area contributed by atoms with Crippen LogP contribution in [0.25, 0.3) is 0 Å². The molecule has 3 rings (SSSR count). The molecule has 1 amide bonds. The van der Waals surface area contributed by atoms with Crippen molar-refractivity contribution in [3.8, 4) is 11.5 Å². The van der Waals surface area contributed by atoms with Gasteiger partial charge in [-0.05, 0) is 48.8 Å². The van der Waals surface area contributed by atoms with Gasteiger partial charge in [0.05, 0.1) is 14.2 Å². The molecule has 0 aliphatic carbocycles. The lowest BCUT2D eigenvalue weighted by molar-refractivity contribution is -0.133. The quantitative estimate of drug-likeness (QED) is 0.761. The SMILES string of the molecule is COc1cc2c(cc1OC)CN(C1CCCN(C(=O)CCSC)C1)CC2. The molecule has 1 aromatic rings. The van der Waals surface area contributed by atoms with Crippen LogP contribution >= 0.6 is 11.8 Å². The molecule has 0 radical (unpaired) electrons. The van der Waals surface area contributed by atoms with Crippen molar-refractivity contribution in [1.82, 2.24) is 9.80 Å². The van der Waals surface area contributed by atoms with Gasteiger partial charge in [-0.3, -0.25) is 9.69 Å². The second-order valence-electron chi connectivity index (χ2n) is 7.07.